The van der Waals surface area contributed by atoms with Gasteiger partial charge < -0.3 is 9.64 Å². The minimum absolute atomic E-state index is 0.0374. The lowest BCUT2D eigenvalue weighted by Crippen LogP contribution is -2.40. The standard InChI is InChI=1S/C21H26N2O4S/c1-16-3-5-18(6-4-16)22-28(25,26)20-9-7-19(8-10-20)27-15-21(24)23-13-11-17(2)12-14-23/h3-10,17,22H,11-15H2,1-2H3. The van der Waals surface area contributed by atoms with Crippen LogP contribution in [0.15, 0.2) is 53.4 Å². The molecule has 0 saturated carbocycles. The number of amides is 1. The van der Waals surface area contributed by atoms with E-state index in [2.05, 4.69) is 11.6 Å². The monoisotopic (exact) mass is 402 g/mol. The first-order valence-corrected chi connectivity index (χ1v) is 10.9. The van der Waals surface area contributed by atoms with Crippen LogP contribution in [0, 0.1) is 12.8 Å². The number of aryl methyl sites for hydroxylation is 1. The van der Waals surface area contributed by atoms with Crippen molar-refractivity contribution >= 4 is 21.6 Å². The van der Waals surface area contributed by atoms with Crippen LogP contribution in [0.25, 0.3) is 0 Å². The maximum absolute atomic E-state index is 12.5. The Labute approximate surface area is 166 Å². The third kappa shape index (κ3) is 5.25. The van der Waals surface area contributed by atoms with Gasteiger partial charge in [0, 0.05) is 18.8 Å². The first kappa shape index (κ1) is 20.2. The Hall–Kier alpha value is -2.54. The molecule has 3 rings (SSSR count). The van der Waals surface area contributed by atoms with Gasteiger partial charge in [0.2, 0.25) is 0 Å². The Morgan fingerprint density at radius 1 is 1.07 bits per heavy atom. The number of hydrogen-bond acceptors (Lipinski definition) is 4. The normalized spacial score (nSPS) is 15.3. The van der Waals surface area contributed by atoms with Crippen molar-refractivity contribution in [1.82, 2.24) is 4.90 Å². The quantitative estimate of drug-likeness (QED) is 0.803. The van der Waals surface area contributed by atoms with Crippen molar-refractivity contribution in [2.24, 2.45) is 5.92 Å². The largest absolute Gasteiger partial charge is 0.484 e. The number of benzene rings is 2. The van der Waals surface area contributed by atoms with Crippen LogP contribution in [0.2, 0.25) is 0 Å². The summed E-state index contributed by atoms with van der Waals surface area (Å²) >= 11 is 0. The van der Waals surface area contributed by atoms with E-state index in [9.17, 15) is 13.2 Å². The van der Waals surface area contributed by atoms with Crippen LogP contribution < -0.4 is 9.46 Å². The maximum Gasteiger partial charge on any atom is 0.261 e. The molecule has 0 unspecified atom stereocenters. The smallest absolute Gasteiger partial charge is 0.261 e. The van der Waals surface area contributed by atoms with Crippen molar-refractivity contribution in [2.75, 3.05) is 24.4 Å². The van der Waals surface area contributed by atoms with E-state index in [1.165, 1.54) is 12.1 Å². The number of carbonyl (C=O) groups excluding carboxylic acids is 1. The van der Waals surface area contributed by atoms with Gasteiger partial charge in [-0.25, -0.2) is 8.42 Å². The predicted molar refractivity (Wildman–Crippen MR) is 109 cm³/mol. The van der Waals surface area contributed by atoms with Crippen molar-refractivity contribution in [1.29, 1.82) is 0 Å². The summed E-state index contributed by atoms with van der Waals surface area (Å²) in [5, 5.41) is 0. The first-order chi connectivity index (χ1) is 13.3. The Bertz CT molecular complexity index is 900. The zero-order valence-electron chi connectivity index (χ0n) is 16.2. The molecular weight excluding hydrogens is 376 g/mol. The van der Waals surface area contributed by atoms with Gasteiger partial charge in [0.15, 0.2) is 6.61 Å². The average molecular weight is 403 g/mol. The van der Waals surface area contributed by atoms with Gasteiger partial charge in [0.25, 0.3) is 15.9 Å². The number of likely N-dealkylation sites (tertiary alicyclic amines) is 1. The lowest BCUT2D eigenvalue weighted by atomic mass is 9.99. The summed E-state index contributed by atoms with van der Waals surface area (Å²) in [6, 6.07) is 13.2. The number of ether oxygens (including phenoxy) is 1. The molecule has 1 aliphatic heterocycles. The van der Waals surface area contributed by atoms with Crippen LogP contribution in [-0.2, 0) is 14.8 Å². The Morgan fingerprint density at radius 3 is 2.29 bits per heavy atom. The Balaban J connectivity index is 1.56. The predicted octanol–water partition coefficient (Wildman–Crippen LogP) is 3.43. The molecule has 1 heterocycles. The van der Waals surface area contributed by atoms with Gasteiger partial charge in [-0.15, -0.1) is 0 Å². The van der Waals surface area contributed by atoms with E-state index >= 15 is 0 Å². The molecule has 0 aromatic heterocycles. The number of sulfonamides is 1. The van der Waals surface area contributed by atoms with Crippen LogP contribution in [0.3, 0.4) is 0 Å². The summed E-state index contributed by atoms with van der Waals surface area (Å²) < 4.78 is 33.1. The van der Waals surface area contributed by atoms with Gasteiger partial charge in [-0.2, -0.15) is 0 Å². The van der Waals surface area contributed by atoms with Crippen LogP contribution in [0.5, 0.6) is 5.75 Å². The fraction of sp³-hybridized carbons (Fsp3) is 0.381. The molecule has 1 fully saturated rings. The highest BCUT2D eigenvalue weighted by Gasteiger charge is 2.20. The maximum atomic E-state index is 12.5. The minimum Gasteiger partial charge on any atom is -0.484 e. The highest BCUT2D eigenvalue weighted by molar-refractivity contribution is 7.92. The number of carbonyl (C=O) groups is 1. The zero-order chi connectivity index (χ0) is 20.1. The molecule has 1 saturated heterocycles. The van der Waals surface area contributed by atoms with E-state index in [-0.39, 0.29) is 17.4 Å². The summed E-state index contributed by atoms with van der Waals surface area (Å²) in [4.78, 5) is 14.2. The minimum atomic E-state index is -3.68. The number of anilines is 1. The van der Waals surface area contributed by atoms with Gasteiger partial charge >= 0.3 is 0 Å². The molecule has 28 heavy (non-hydrogen) atoms. The molecule has 1 N–H and O–H groups in total. The van der Waals surface area contributed by atoms with Crippen LogP contribution in [0.1, 0.15) is 25.3 Å². The summed E-state index contributed by atoms with van der Waals surface area (Å²) in [6.45, 7) is 5.63. The van der Waals surface area contributed by atoms with E-state index in [1.807, 2.05) is 24.0 Å². The van der Waals surface area contributed by atoms with Gasteiger partial charge in [-0.3, -0.25) is 9.52 Å². The average Bonchev–Trinajstić information content (AvgIpc) is 2.68. The molecule has 0 spiro atoms. The number of piperidine rings is 1. The summed E-state index contributed by atoms with van der Waals surface area (Å²) in [5.41, 5.74) is 1.56. The van der Waals surface area contributed by atoms with E-state index in [1.54, 1.807) is 24.3 Å². The van der Waals surface area contributed by atoms with Crippen molar-refractivity contribution in [3.05, 3.63) is 54.1 Å². The SMILES string of the molecule is Cc1ccc(NS(=O)(=O)c2ccc(OCC(=O)N3CCC(C)CC3)cc2)cc1. The third-order valence-corrected chi connectivity index (χ3v) is 6.33. The molecule has 1 aliphatic rings. The van der Waals surface area contributed by atoms with Gasteiger partial charge in [0.1, 0.15) is 5.75 Å². The molecule has 2 aromatic rings. The van der Waals surface area contributed by atoms with Gasteiger partial charge in [0.05, 0.1) is 4.90 Å². The van der Waals surface area contributed by atoms with Crippen molar-refractivity contribution < 1.29 is 17.9 Å². The number of hydrogen-bond donors (Lipinski definition) is 1. The zero-order valence-corrected chi connectivity index (χ0v) is 17.0. The molecule has 0 aliphatic carbocycles. The summed E-state index contributed by atoms with van der Waals surface area (Å²) in [7, 11) is -3.68. The van der Waals surface area contributed by atoms with E-state index < -0.39 is 10.0 Å². The highest BCUT2D eigenvalue weighted by Crippen LogP contribution is 2.20. The number of rotatable bonds is 6. The lowest BCUT2D eigenvalue weighted by molar-refractivity contribution is -0.134. The molecular formula is C21H26N2O4S. The van der Waals surface area contributed by atoms with Crippen LogP contribution >= 0.6 is 0 Å². The molecule has 150 valence electrons. The topological polar surface area (TPSA) is 75.7 Å². The molecule has 6 nitrogen and oxygen atoms in total. The lowest BCUT2D eigenvalue weighted by Gasteiger charge is -2.30. The molecule has 1 amide bonds. The molecule has 0 radical (unpaired) electrons. The Morgan fingerprint density at radius 2 is 1.68 bits per heavy atom. The summed E-state index contributed by atoms with van der Waals surface area (Å²) in [6.07, 6.45) is 2.04. The molecule has 0 bridgehead atoms. The van der Waals surface area contributed by atoms with Crippen molar-refractivity contribution in [3.8, 4) is 5.75 Å². The molecule has 0 atom stereocenters. The summed E-state index contributed by atoms with van der Waals surface area (Å²) in [5.74, 6) is 1.09. The second kappa shape index (κ2) is 8.65. The number of nitrogens with one attached hydrogen (secondary N) is 1. The highest BCUT2D eigenvalue weighted by atomic mass is 32.2. The van der Waals surface area contributed by atoms with Gasteiger partial charge in [-0.05, 0) is 62.1 Å². The Kier molecular flexibility index (Phi) is 6.24. The second-order valence-corrected chi connectivity index (χ2v) is 8.98. The third-order valence-electron chi connectivity index (χ3n) is 4.94. The van der Waals surface area contributed by atoms with E-state index in [4.69, 9.17) is 4.74 Å². The van der Waals surface area contributed by atoms with E-state index in [0.717, 1.165) is 31.5 Å². The molecule has 7 heteroatoms. The number of nitrogens with zero attached hydrogens (tertiary/aromatic N) is 1. The van der Waals surface area contributed by atoms with Crippen molar-refractivity contribution in [3.63, 3.8) is 0 Å². The van der Waals surface area contributed by atoms with Crippen LogP contribution in [-0.4, -0.2) is 38.9 Å². The van der Waals surface area contributed by atoms with Crippen molar-refractivity contribution in [2.45, 2.75) is 31.6 Å². The fourth-order valence-electron chi connectivity index (χ4n) is 3.05. The first-order valence-electron chi connectivity index (χ1n) is 9.43. The molecule has 2 aromatic carbocycles. The fourth-order valence-corrected chi connectivity index (χ4v) is 4.10. The van der Waals surface area contributed by atoms with Crippen LogP contribution in [0.4, 0.5) is 5.69 Å². The second-order valence-electron chi connectivity index (χ2n) is 7.29. The van der Waals surface area contributed by atoms with E-state index in [0.29, 0.717) is 17.4 Å². The van der Waals surface area contributed by atoms with Gasteiger partial charge in [-0.1, -0.05) is 24.6 Å².